The van der Waals surface area contributed by atoms with Crippen LogP contribution >= 0.6 is 34.0 Å². The molecule has 0 fully saturated rings. The fourth-order valence-corrected chi connectivity index (χ4v) is 4.63. The molecule has 3 aromatic heterocycles. The van der Waals surface area contributed by atoms with Gasteiger partial charge in [0.15, 0.2) is 0 Å². The number of thiazole rings is 1. The summed E-state index contributed by atoms with van der Waals surface area (Å²) in [6.45, 7) is 0. The van der Waals surface area contributed by atoms with E-state index in [4.69, 9.17) is 0 Å². The number of carbonyl (C=O) groups is 1. The first kappa shape index (κ1) is 17.7. The van der Waals surface area contributed by atoms with Gasteiger partial charge in [-0.2, -0.15) is 0 Å². The molecule has 4 rings (SSSR count). The monoisotopic (exact) mass is 406 g/mol. The molecule has 0 radical (unpaired) electrons. The minimum Gasteiger partial charge on any atom is -0.326 e. The van der Waals surface area contributed by atoms with Gasteiger partial charge in [0, 0.05) is 16.6 Å². The summed E-state index contributed by atoms with van der Waals surface area (Å²) in [6.07, 6.45) is 0.257. The molecule has 132 valence electrons. The molecule has 0 bridgehead atoms. The van der Waals surface area contributed by atoms with Gasteiger partial charge in [-0.1, -0.05) is 30.0 Å². The van der Waals surface area contributed by atoms with Gasteiger partial charge in [0.25, 0.3) is 0 Å². The SMILES string of the molecule is O=C(Cc1csc(-c2cccs2)n1)Nc1cccc(C#Cc2cccs2)c1. The Bertz CT molecular complexity index is 1100. The zero-order chi connectivity index (χ0) is 18.5. The van der Waals surface area contributed by atoms with Crippen LogP contribution in [0.2, 0.25) is 0 Å². The highest BCUT2D eigenvalue weighted by molar-refractivity contribution is 7.20. The second kappa shape index (κ2) is 8.31. The van der Waals surface area contributed by atoms with Crippen LogP contribution in [-0.2, 0) is 11.2 Å². The highest BCUT2D eigenvalue weighted by Gasteiger charge is 2.10. The number of anilines is 1. The Morgan fingerprint density at radius 2 is 1.89 bits per heavy atom. The molecule has 0 spiro atoms. The van der Waals surface area contributed by atoms with Crippen LogP contribution in [0.1, 0.15) is 16.1 Å². The minimum absolute atomic E-state index is 0.0820. The summed E-state index contributed by atoms with van der Waals surface area (Å²) in [5.41, 5.74) is 2.40. The van der Waals surface area contributed by atoms with Gasteiger partial charge in [0.2, 0.25) is 5.91 Å². The van der Waals surface area contributed by atoms with Crippen molar-refractivity contribution in [2.24, 2.45) is 0 Å². The summed E-state index contributed by atoms with van der Waals surface area (Å²) in [6, 6.07) is 15.6. The van der Waals surface area contributed by atoms with E-state index in [1.807, 2.05) is 64.7 Å². The summed E-state index contributed by atoms with van der Waals surface area (Å²) in [5.74, 6) is 6.17. The molecule has 3 heterocycles. The quantitative estimate of drug-likeness (QED) is 0.454. The molecule has 0 unspecified atom stereocenters. The summed E-state index contributed by atoms with van der Waals surface area (Å²) in [4.78, 5) is 19.1. The van der Waals surface area contributed by atoms with E-state index in [1.165, 1.54) is 0 Å². The highest BCUT2D eigenvalue weighted by Crippen LogP contribution is 2.28. The lowest BCUT2D eigenvalue weighted by atomic mass is 10.2. The standard InChI is InChI=1S/C21H14N2OS3/c24-20(13-17-14-27-21(23-17)19-7-3-11-26-19)22-16-5-1-4-15(12-16)8-9-18-6-2-10-25-18/h1-7,10-12,14H,13H2,(H,22,24). The van der Waals surface area contributed by atoms with Crippen LogP contribution in [0.15, 0.2) is 64.7 Å². The largest absolute Gasteiger partial charge is 0.326 e. The third-order valence-corrected chi connectivity index (χ3v) is 6.34. The molecule has 3 nitrogen and oxygen atoms in total. The Labute approximate surface area is 169 Å². The summed E-state index contributed by atoms with van der Waals surface area (Å²) < 4.78 is 0. The lowest BCUT2D eigenvalue weighted by molar-refractivity contribution is -0.115. The number of rotatable bonds is 4. The average molecular weight is 407 g/mol. The molecule has 1 aromatic carbocycles. The molecule has 1 amide bonds. The third kappa shape index (κ3) is 4.72. The van der Waals surface area contributed by atoms with E-state index in [2.05, 4.69) is 22.1 Å². The van der Waals surface area contributed by atoms with Crippen molar-refractivity contribution in [3.63, 3.8) is 0 Å². The van der Waals surface area contributed by atoms with Crippen molar-refractivity contribution in [3.8, 4) is 21.7 Å². The van der Waals surface area contributed by atoms with E-state index in [0.717, 1.165) is 31.7 Å². The van der Waals surface area contributed by atoms with Gasteiger partial charge in [-0.25, -0.2) is 4.98 Å². The first-order chi connectivity index (χ1) is 13.3. The van der Waals surface area contributed by atoms with E-state index < -0.39 is 0 Å². The smallest absolute Gasteiger partial charge is 0.230 e. The van der Waals surface area contributed by atoms with E-state index in [9.17, 15) is 4.79 Å². The molecule has 0 aliphatic carbocycles. The van der Waals surface area contributed by atoms with Crippen LogP contribution < -0.4 is 5.32 Å². The molecule has 0 atom stereocenters. The molecule has 0 saturated carbocycles. The van der Waals surface area contributed by atoms with Gasteiger partial charge < -0.3 is 5.32 Å². The predicted octanol–water partition coefficient (Wildman–Crippen LogP) is 5.51. The zero-order valence-electron chi connectivity index (χ0n) is 14.1. The highest BCUT2D eigenvalue weighted by atomic mass is 32.1. The summed E-state index contributed by atoms with van der Waals surface area (Å²) >= 11 is 4.83. The Kier molecular flexibility index (Phi) is 5.45. The third-order valence-electron chi connectivity index (χ3n) is 3.62. The van der Waals surface area contributed by atoms with Gasteiger partial charge in [-0.3, -0.25) is 4.79 Å². The Morgan fingerprint density at radius 1 is 1.00 bits per heavy atom. The summed E-state index contributed by atoms with van der Waals surface area (Å²) in [7, 11) is 0. The second-order valence-corrected chi connectivity index (χ2v) is 8.41. The number of carbonyl (C=O) groups excluding carboxylic acids is 1. The maximum atomic E-state index is 12.4. The maximum absolute atomic E-state index is 12.4. The Balaban J connectivity index is 1.40. The molecule has 1 N–H and O–H groups in total. The van der Waals surface area contributed by atoms with Crippen molar-refractivity contribution in [2.75, 3.05) is 5.32 Å². The van der Waals surface area contributed by atoms with Crippen LogP contribution in [0.3, 0.4) is 0 Å². The first-order valence-electron chi connectivity index (χ1n) is 8.20. The number of nitrogens with one attached hydrogen (secondary N) is 1. The predicted molar refractivity (Wildman–Crippen MR) is 115 cm³/mol. The molecule has 27 heavy (non-hydrogen) atoms. The topological polar surface area (TPSA) is 42.0 Å². The van der Waals surface area contributed by atoms with Crippen molar-refractivity contribution in [1.29, 1.82) is 0 Å². The average Bonchev–Trinajstić information content (AvgIpc) is 3.42. The van der Waals surface area contributed by atoms with E-state index in [1.54, 1.807) is 34.0 Å². The van der Waals surface area contributed by atoms with Crippen LogP contribution in [0.5, 0.6) is 0 Å². The molecular formula is C21H14N2OS3. The fraction of sp³-hybridized carbons (Fsp3) is 0.0476. The van der Waals surface area contributed by atoms with Gasteiger partial charge in [-0.15, -0.1) is 34.0 Å². The summed E-state index contributed by atoms with van der Waals surface area (Å²) in [5, 5.41) is 9.86. The van der Waals surface area contributed by atoms with Crippen molar-refractivity contribution in [2.45, 2.75) is 6.42 Å². The Morgan fingerprint density at radius 3 is 2.70 bits per heavy atom. The number of thiophene rings is 2. The molecule has 0 aliphatic heterocycles. The number of benzene rings is 1. The lowest BCUT2D eigenvalue weighted by Gasteiger charge is -2.04. The second-order valence-electron chi connectivity index (χ2n) is 5.65. The van der Waals surface area contributed by atoms with Gasteiger partial charge in [0.1, 0.15) is 5.01 Å². The van der Waals surface area contributed by atoms with Crippen molar-refractivity contribution in [3.05, 3.63) is 80.8 Å². The van der Waals surface area contributed by atoms with Gasteiger partial charge >= 0.3 is 0 Å². The Hall–Kier alpha value is -2.72. The lowest BCUT2D eigenvalue weighted by Crippen LogP contribution is -2.14. The number of aromatic nitrogens is 1. The normalized spacial score (nSPS) is 10.2. The molecule has 0 saturated heterocycles. The van der Waals surface area contributed by atoms with Crippen molar-refractivity contribution in [1.82, 2.24) is 4.98 Å². The number of nitrogens with zero attached hydrogens (tertiary/aromatic N) is 1. The van der Waals surface area contributed by atoms with Crippen LogP contribution in [0, 0.1) is 11.8 Å². The molecule has 0 aliphatic rings. The number of amides is 1. The first-order valence-corrected chi connectivity index (χ1v) is 10.8. The molecule has 6 heteroatoms. The van der Waals surface area contributed by atoms with E-state index in [-0.39, 0.29) is 12.3 Å². The molecular weight excluding hydrogens is 392 g/mol. The van der Waals surface area contributed by atoms with Crippen LogP contribution in [0.4, 0.5) is 5.69 Å². The van der Waals surface area contributed by atoms with Crippen LogP contribution in [-0.4, -0.2) is 10.9 Å². The van der Waals surface area contributed by atoms with Gasteiger partial charge in [0.05, 0.1) is 21.9 Å². The minimum atomic E-state index is -0.0820. The number of hydrogen-bond donors (Lipinski definition) is 1. The van der Waals surface area contributed by atoms with Crippen molar-refractivity contribution < 1.29 is 4.79 Å². The van der Waals surface area contributed by atoms with Gasteiger partial charge in [-0.05, 0) is 41.1 Å². The zero-order valence-corrected chi connectivity index (χ0v) is 16.6. The van der Waals surface area contributed by atoms with Crippen LogP contribution in [0.25, 0.3) is 9.88 Å². The maximum Gasteiger partial charge on any atom is 0.230 e. The van der Waals surface area contributed by atoms with E-state index >= 15 is 0 Å². The van der Waals surface area contributed by atoms with Crippen molar-refractivity contribution >= 4 is 45.6 Å². The molecule has 4 aromatic rings. The van der Waals surface area contributed by atoms with E-state index in [0.29, 0.717) is 0 Å². The number of hydrogen-bond acceptors (Lipinski definition) is 5. The fourth-order valence-electron chi connectivity index (χ4n) is 2.43.